The Bertz CT molecular complexity index is 1160. The fourth-order valence-electron chi connectivity index (χ4n) is 3.98. The molecule has 0 aliphatic carbocycles. The zero-order chi connectivity index (χ0) is 23.7. The van der Waals surface area contributed by atoms with Crippen LogP contribution in [0.3, 0.4) is 0 Å². The van der Waals surface area contributed by atoms with Crippen LogP contribution < -0.4 is 5.32 Å². The zero-order valence-electron chi connectivity index (χ0n) is 19.8. The van der Waals surface area contributed by atoms with Crippen LogP contribution in [0.15, 0.2) is 22.9 Å². The van der Waals surface area contributed by atoms with Gasteiger partial charge in [0.15, 0.2) is 11.5 Å². The predicted octanol–water partition coefficient (Wildman–Crippen LogP) is 2.83. The first kappa shape index (κ1) is 22.9. The van der Waals surface area contributed by atoms with Crippen molar-refractivity contribution in [2.24, 2.45) is 0 Å². The fraction of sp³-hybridized carbons (Fsp3) is 0.522. The van der Waals surface area contributed by atoms with Crippen molar-refractivity contribution in [1.29, 1.82) is 0 Å². The Kier molecular flexibility index (Phi) is 6.46. The minimum atomic E-state index is -0.151. The number of nitrogens with zero attached hydrogens (tertiary/aromatic N) is 6. The summed E-state index contributed by atoms with van der Waals surface area (Å²) < 4.78 is 6.84. The fourth-order valence-corrected chi connectivity index (χ4v) is 3.98. The van der Waals surface area contributed by atoms with Gasteiger partial charge in [0, 0.05) is 44.0 Å². The van der Waals surface area contributed by atoms with E-state index in [2.05, 4.69) is 43.3 Å². The molecule has 0 radical (unpaired) electrons. The molecule has 0 saturated carbocycles. The third kappa shape index (κ3) is 4.90. The molecule has 2 amide bonds. The molecule has 4 heterocycles. The first-order valence-electron chi connectivity index (χ1n) is 11.4. The monoisotopic (exact) mass is 453 g/mol. The maximum absolute atomic E-state index is 13.5. The third-order valence-corrected chi connectivity index (χ3v) is 5.82. The standard InChI is InChI=1S/C23H31N7O3/c1-14(2)19-11-17(18-12-24-30(15(3)4)22(18)25-19)23(32)29-8-6-28(7-9-29)13-21(31)26-20-10-16(5)33-27-20/h10-12,14-15H,6-9,13H2,1-5H3,(H,26,27,31). The van der Waals surface area contributed by atoms with Gasteiger partial charge >= 0.3 is 0 Å². The SMILES string of the molecule is Cc1cc(NC(=O)CN2CCN(C(=O)c3cc(C(C)C)nc4c3cnn4C(C)C)CC2)no1. The molecule has 10 nitrogen and oxygen atoms in total. The molecule has 1 fully saturated rings. The van der Waals surface area contributed by atoms with Crippen molar-refractivity contribution in [1.82, 2.24) is 29.7 Å². The molecule has 0 unspecified atom stereocenters. The quantitative estimate of drug-likeness (QED) is 0.611. The molecule has 0 atom stereocenters. The van der Waals surface area contributed by atoms with Crippen LogP contribution in [0.4, 0.5) is 5.82 Å². The number of pyridine rings is 1. The number of piperazine rings is 1. The molecule has 0 aromatic carbocycles. The second-order valence-corrected chi connectivity index (χ2v) is 9.11. The van der Waals surface area contributed by atoms with Crippen molar-refractivity contribution in [2.45, 2.75) is 46.6 Å². The van der Waals surface area contributed by atoms with Crippen molar-refractivity contribution in [3.8, 4) is 0 Å². The molecule has 3 aromatic rings. The topological polar surface area (TPSA) is 109 Å². The molecule has 0 spiro atoms. The molecular weight excluding hydrogens is 422 g/mol. The highest BCUT2D eigenvalue weighted by Gasteiger charge is 2.26. The molecule has 0 bridgehead atoms. The Labute approximate surface area is 192 Å². The van der Waals surface area contributed by atoms with Gasteiger partial charge in [-0.2, -0.15) is 5.10 Å². The number of aromatic nitrogens is 4. The summed E-state index contributed by atoms with van der Waals surface area (Å²) in [6.07, 6.45) is 1.74. The number of carbonyl (C=O) groups excluding carboxylic acids is 2. The van der Waals surface area contributed by atoms with Crippen molar-refractivity contribution >= 4 is 28.7 Å². The summed E-state index contributed by atoms with van der Waals surface area (Å²) in [7, 11) is 0. The molecule has 3 aromatic heterocycles. The van der Waals surface area contributed by atoms with Gasteiger partial charge in [0.25, 0.3) is 5.91 Å². The van der Waals surface area contributed by atoms with Gasteiger partial charge in [0.2, 0.25) is 5.91 Å². The van der Waals surface area contributed by atoms with E-state index in [1.807, 2.05) is 20.5 Å². The lowest BCUT2D eigenvalue weighted by atomic mass is 10.0. The molecule has 176 valence electrons. The average Bonchev–Trinajstić information content (AvgIpc) is 3.38. The van der Waals surface area contributed by atoms with E-state index in [1.54, 1.807) is 19.2 Å². The van der Waals surface area contributed by atoms with Gasteiger partial charge < -0.3 is 14.7 Å². The lowest BCUT2D eigenvalue weighted by Gasteiger charge is -2.34. The van der Waals surface area contributed by atoms with Gasteiger partial charge in [-0.05, 0) is 32.8 Å². The normalized spacial score (nSPS) is 15.1. The highest BCUT2D eigenvalue weighted by atomic mass is 16.5. The van der Waals surface area contributed by atoms with Crippen molar-refractivity contribution in [2.75, 3.05) is 38.0 Å². The Balaban J connectivity index is 1.44. The van der Waals surface area contributed by atoms with Gasteiger partial charge in [-0.1, -0.05) is 19.0 Å². The van der Waals surface area contributed by atoms with Crippen LogP contribution in [0.5, 0.6) is 0 Å². The number of hydrogen-bond donors (Lipinski definition) is 1. The van der Waals surface area contributed by atoms with Crippen molar-refractivity contribution in [3.63, 3.8) is 0 Å². The third-order valence-electron chi connectivity index (χ3n) is 5.82. The molecule has 1 aliphatic rings. The number of amides is 2. The van der Waals surface area contributed by atoms with Crippen LogP contribution >= 0.6 is 0 Å². The maximum atomic E-state index is 13.5. The van der Waals surface area contributed by atoms with E-state index in [0.29, 0.717) is 43.3 Å². The summed E-state index contributed by atoms with van der Waals surface area (Å²) in [5, 5.41) is 11.8. The van der Waals surface area contributed by atoms with Crippen molar-refractivity contribution < 1.29 is 14.1 Å². The van der Waals surface area contributed by atoms with Gasteiger partial charge in [-0.3, -0.25) is 14.5 Å². The number of rotatable bonds is 6. The van der Waals surface area contributed by atoms with Crippen LogP contribution in [0.1, 0.15) is 61.5 Å². The lowest BCUT2D eigenvalue weighted by Crippen LogP contribution is -2.50. The number of aryl methyl sites for hydroxylation is 1. The summed E-state index contributed by atoms with van der Waals surface area (Å²) in [4.78, 5) is 34.5. The Morgan fingerprint density at radius 2 is 1.85 bits per heavy atom. The molecule has 1 aliphatic heterocycles. The second-order valence-electron chi connectivity index (χ2n) is 9.11. The first-order valence-corrected chi connectivity index (χ1v) is 11.4. The molecule has 33 heavy (non-hydrogen) atoms. The summed E-state index contributed by atoms with van der Waals surface area (Å²) in [5.74, 6) is 1.08. The van der Waals surface area contributed by atoms with Crippen molar-refractivity contribution in [3.05, 3.63) is 35.3 Å². The Hall–Kier alpha value is -3.27. The van der Waals surface area contributed by atoms with Gasteiger partial charge in [-0.15, -0.1) is 0 Å². The lowest BCUT2D eigenvalue weighted by molar-refractivity contribution is -0.117. The van der Waals surface area contributed by atoms with Crippen LogP contribution in [0.2, 0.25) is 0 Å². The average molecular weight is 454 g/mol. The predicted molar refractivity (Wildman–Crippen MR) is 124 cm³/mol. The summed E-state index contributed by atoms with van der Waals surface area (Å²) in [6.45, 7) is 12.6. The second kappa shape index (κ2) is 9.30. The number of hydrogen-bond acceptors (Lipinski definition) is 7. The molecule has 10 heteroatoms. The largest absolute Gasteiger partial charge is 0.360 e. The van der Waals surface area contributed by atoms with E-state index in [9.17, 15) is 9.59 Å². The Morgan fingerprint density at radius 3 is 2.45 bits per heavy atom. The van der Waals surface area contributed by atoms with Crippen LogP contribution in [-0.2, 0) is 4.79 Å². The van der Waals surface area contributed by atoms with E-state index < -0.39 is 0 Å². The molecule has 1 N–H and O–H groups in total. The minimum absolute atomic E-state index is 0.0187. The van der Waals surface area contributed by atoms with E-state index >= 15 is 0 Å². The summed E-state index contributed by atoms with van der Waals surface area (Å²) in [5.41, 5.74) is 2.27. The number of fused-ring (bicyclic) bond motifs is 1. The number of carbonyl (C=O) groups is 2. The number of anilines is 1. The van der Waals surface area contributed by atoms with Crippen LogP contribution in [0, 0.1) is 6.92 Å². The minimum Gasteiger partial charge on any atom is -0.360 e. The zero-order valence-corrected chi connectivity index (χ0v) is 19.8. The van der Waals surface area contributed by atoms with Crippen LogP contribution in [0.25, 0.3) is 11.0 Å². The van der Waals surface area contributed by atoms with Gasteiger partial charge in [-0.25, -0.2) is 9.67 Å². The van der Waals surface area contributed by atoms with E-state index in [1.165, 1.54) is 0 Å². The molecule has 1 saturated heterocycles. The van der Waals surface area contributed by atoms with E-state index in [0.717, 1.165) is 16.7 Å². The molecule has 4 rings (SSSR count). The van der Waals surface area contributed by atoms with E-state index in [-0.39, 0.29) is 30.3 Å². The first-order chi connectivity index (χ1) is 15.7. The number of nitrogens with one attached hydrogen (secondary N) is 1. The van der Waals surface area contributed by atoms with Crippen LogP contribution in [-0.4, -0.2) is 74.3 Å². The van der Waals surface area contributed by atoms with Gasteiger partial charge in [0.1, 0.15) is 5.76 Å². The highest BCUT2D eigenvalue weighted by Crippen LogP contribution is 2.25. The highest BCUT2D eigenvalue weighted by molar-refractivity contribution is 6.05. The van der Waals surface area contributed by atoms with E-state index in [4.69, 9.17) is 9.51 Å². The maximum Gasteiger partial charge on any atom is 0.254 e. The van der Waals surface area contributed by atoms with Gasteiger partial charge in [0.05, 0.1) is 23.7 Å². The summed E-state index contributed by atoms with van der Waals surface area (Å²) in [6, 6.07) is 3.73. The smallest absolute Gasteiger partial charge is 0.254 e. The molecular formula is C23H31N7O3. The summed E-state index contributed by atoms with van der Waals surface area (Å²) >= 11 is 0. The Morgan fingerprint density at radius 1 is 1.12 bits per heavy atom.